The Labute approximate surface area is 124 Å². The number of likely N-dealkylation sites (tertiary alicyclic amines) is 1. The average Bonchev–Trinajstić information content (AvgIpc) is 2.41. The minimum Gasteiger partial charge on any atom is -0.328 e. The molecule has 1 saturated heterocycles. The summed E-state index contributed by atoms with van der Waals surface area (Å²) in [5, 5.41) is 0. The maximum Gasteiger partial charge on any atom is 0.0233 e. The summed E-state index contributed by atoms with van der Waals surface area (Å²) < 4.78 is 0. The van der Waals surface area contributed by atoms with E-state index in [1.165, 1.54) is 36.9 Å². The average molecular weight is 274 g/mol. The van der Waals surface area contributed by atoms with E-state index in [4.69, 9.17) is 5.73 Å². The standard InChI is InChI=1S/C18H30N2/c1-14(2)11-16-6-8-17(9-7-16)12-20-10-4-5-18(13-20)15(3)19/h6-9,14-15,18H,4-5,10-13,19H2,1-3H3. The number of nitrogens with two attached hydrogens (primary N) is 1. The Morgan fingerprint density at radius 2 is 1.80 bits per heavy atom. The van der Waals surface area contributed by atoms with E-state index in [0.29, 0.717) is 12.0 Å². The van der Waals surface area contributed by atoms with E-state index in [1.807, 2.05) is 0 Å². The molecule has 2 N–H and O–H groups in total. The van der Waals surface area contributed by atoms with Gasteiger partial charge in [0.05, 0.1) is 0 Å². The smallest absolute Gasteiger partial charge is 0.0233 e. The molecule has 0 saturated carbocycles. The van der Waals surface area contributed by atoms with Crippen LogP contribution >= 0.6 is 0 Å². The quantitative estimate of drug-likeness (QED) is 0.891. The highest BCUT2D eigenvalue weighted by molar-refractivity contribution is 5.22. The minimum absolute atomic E-state index is 0.325. The summed E-state index contributed by atoms with van der Waals surface area (Å²) in [7, 11) is 0. The van der Waals surface area contributed by atoms with Crippen LogP contribution in [0.3, 0.4) is 0 Å². The van der Waals surface area contributed by atoms with Gasteiger partial charge in [-0.1, -0.05) is 38.1 Å². The number of hydrogen-bond acceptors (Lipinski definition) is 2. The van der Waals surface area contributed by atoms with Crippen molar-refractivity contribution in [3.8, 4) is 0 Å². The van der Waals surface area contributed by atoms with Crippen molar-refractivity contribution in [3.63, 3.8) is 0 Å². The highest BCUT2D eigenvalue weighted by atomic mass is 15.1. The SMILES string of the molecule is CC(C)Cc1ccc(CN2CCCC(C(C)N)C2)cc1. The van der Waals surface area contributed by atoms with Crippen molar-refractivity contribution in [2.24, 2.45) is 17.6 Å². The fourth-order valence-electron chi connectivity index (χ4n) is 3.17. The molecule has 2 atom stereocenters. The Morgan fingerprint density at radius 1 is 1.15 bits per heavy atom. The number of hydrogen-bond donors (Lipinski definition) is 1. The van der Waals surface area contributed by atoms with E-state index >= 15 is 0 Å². The first-order valence-electron chi connectivity index (χ1n) is 8.10. The number of piperidine rings is 1. The molecule has 112 valence electrons. The molecule has 1 aromatic rings. The van der Waals surface area contributed by atoms with E-state index in [1.54, 1.807) is 0 Å². The summed E-state index contributed by atoms with van der Waals surface area (Å²) in [4.78, 5) is 2.56. The van der Waals surface area contributed by atoms with Gasteiger partial charge in [-0.15, -0.1) is 0 Å². The molecular formula is C18H30N2. The molecule has 1 heterocycles. The Hall–Kier alpha value is -0.860. The lowest BCUT2D eigenvalue weighted by Gasteiger charge is -2.34. The zero-order valence-electron chi connectivity index (χ0n) is 13.3. The third-order valence-corrected chi connectivity index (χ3v) is 4.36. The molecule has 1 aliphatic heterocycles. The summed E-state index contributed by atoms with van der Waals surface area (Å²) in [5.74, 6) is 1.40. The van der Waals surface area contributed by atoms with Gasteiger partial charge in [0.15, 0.2) is 0 Å². The second-order valence-electron chi connectivity index (χ2n) is 6.91. The summed E-state index contributed by atoms with van der Waals surface area (Å²) in [6, 6.07) is 9.51. The molecule has 0 radical (unpaired) electrons. The van der Waals surface area contributed by atoms with E-state index in [-0.39, 0.29) is 0 Å². The predicted octanol–water partition coefficient (Wildman–Crippen LogP) is 3.44. The summed E-state index contributed by atoms with van der Waals surface area (Å²) in [6.45, 7) is 10.1. The zero-order valence-corrected chi connectivity index (χ0v) is 13.3. The molecular weight excluding hydrogens is 244 g/mol. The van der Waals surface area contributed by atoms with Crippen LogP contribution in [0.5, 0.6) is 0 Å². The van der Waals surface area contributed by atoms with Crippen LogP contribution in [0.15, 0.2) is 24.3 Å². The van der Waals surface area contributed by atoms with Crippen LogP contribution in [0.1, 0.15) is 44.7 Å². The Balaban J connectivity index is 1.89. The summed E-state index contributed by atoms with van der Waals surface area (Å²) >= 11 is 0. The summed E-state index contributed by atoms with van der Waals surface area (Å²) in [5.41, 5.74) is 8.95. The molecule has 0 bridgehead atoms. The van der Waals surface area contributed by atoms with Gasteiger partial charge in [-0.3, -0.25) is 4.90 Å². The Bertz CT molecular complexity index is 394. The van der Waals surface area contributed by atoms with Crippen molar-refractivity contribution < 1.29 is 0 Å². The molecule has 2 heteroatoms. The van der Waals surface area contributed by atoms with Gasteiger partial charge in [0, 0.05) is 19.1 Å². The van der Waals surface area contributed by atoms with Crippen LogP contribution in [0.2, 0.25) is 0 Å². The molecule has 1 fully saturated rings. The molecule has 1 aliphatic rings. The van der Waals surface area contributed by atoms with Crippen molar-refractivity contribution in [2.75, 3.05) is 13.1 Å². The second kappa shape index (κ2) is 7.24. The number of benzene rings is 1. The zero-order chi connectivity index (χ0) is 14.5. The van der Waals surface area contributed by atoms with Crippen molar-refractivity contribution >= 4 is 0 Å². The third kappa shape index (κ3) is 4.60. The lowest BCUT2D eigenvalue weighted by atomic mass is 9.92. The molecule has 2 nitrogen and oxygen atoms in total. The van der Waals surface area contributed by atoms with Gasteiger partial charge in [0.1, 0.15) is 0 Å². The van der Waals surface area contributed by atoms with E-state index in [2.05, 4.69) is 49.9 Å². The highest BCUT2D eigenvalue weighted by Crippen LogP contribution is 2.20. The van der Waals surface area contributed by atoms with Crippen molar-refractivity contribution in [1.29, 1.82) is 0 Å². The van der Waals surface area contributed by atoms with E-state index in [9.17, 15) is 0 Å². The van der Waals surface area contributed by atoms with Gasteiger partial charge in [0.2, 0.25) is 0 Å². The highest BCUT2D eigenvalue weighted by Gasteiger charge is 2.22. The second-order valence-corrected chi connectivity index (χ2v) is 6.91. The Kier molecular flexibility index (Phi) is 5.62. The minimum atomic E-state index is 0.325. The summed E-state index contributed by atoms with van der Waals surface area (Å²) in [6.07, 6.45) is 3.76. The van der Waals surface area contributed by atoms with Crippen molar-refractivity contribution in [1.82, 2.24) is 4.90 Å². The van der Waals surface area contributed by atoms with Crippen molar-refractivity contribution in [3.05, 3.63) is 35.4 Å². The van der Waals surface area contributed by atoms with Gasteiger partial charge in [0.25, 0.3) is 0 Å². The fourth-order valence-corrected chi connectivity index (χ4v) is 3.17. The monoisotopic (exact) mass is 274 g/mol. The molecule has 0 aromatic heterocycles. The van der Waals surface area contributed by atoms with Crippen LogP contribution < -0.4 is 5.73 Å². The van der Waals surface area contributed by atoms with Crippen LogP contribution in [-0.4, -0.2) is 24.0 Å². The van der Waals surface area contributed by atoms with E-state index in [0.717, 1.165) is 19.0 Å². The Morgan fingerprint density at radius 3 is 2.40 bits per heavy atom. The van der Waals surface area contributed by atoms with Crippen LogP contribution in [0.4, 0.5) is 0 Å². The van der Waals surface area contributed by atoms with E-state index < -0.39 is 0 Å². The first kappa shape index (κ1) is 15.5. The van der Waals surface area contributed by atoms with Crippen LogP contribution in [-0.2, 0) is 13.0 Å². The molecule has 0 spiro atoms. The number of nitrogens with zero attached hydrogens (tertiary/aromatic N) is 1. The molecule has 2 rings (SSSR count). The molecule has 1 aromatic carbocycles. The topological polar surface area (TPSA) is 29.3 Å². The molecule has 20 heavy (non-hydrogen) atoms. The van der Waals surface area contributed by atoms with Gasteiger partial charge < -0.3 is 5.73 Å². The fraction of sp³-hybridized carbons (Fsp3) is 0.667. The first-order chi connectivity index (χ1) is 9.54. The van der Waals surface area contributed by atoms with Crippen molar-refractivity contribution in [2.45, 2.75) is 52.6 Å². The van der Waals surface area contributed by atoms with Gasteiger partial charge in [-0.2, -0.15) is 0 Å². The predicted molar refractivity (Wildman–Crippen MR) is 86.6 cm³/mol. The molecule has 0 amide bonds. The van der Waals surface area contributed by atoms with Crippen LogP contribution in [0.25, 0.3) is 0 Å². The van der Waals surface area contributed by atoms with Gasteiger partial charge in [-0.05, 0) is 55.7 Å². The molecule has 2 unspecified atom stereocenters. The first-order valence-corrected chi connectivity index (χ1v) is 8.10. The number of rotatable bonds is 5. The maximum absolute atomic E-state index is 6.06. The van der Waals surface area contributed by atoms with Gasteiger partial charge in [-0.25, -0.2) is 0 Å². The lowest BCUT2D eigenvalue weighted by Crippen LogP contribution is -2.41. The van der Waals surface area contributed by atoms with Crippen LogP contribution in [0, 0.1) is 11.8 Å². The maximum atomic E-state index is 6.06. The third-order valence-electron chi connectivity index (χ3n) is 4.36. The largest absolute Gasteiger partial charge is 0.328 e. The molecule has 0 aliphatic carbocycles. The lowest BCUT2D eigenvalue weighted by molar-refractivity contribution is 0.154. The normalized spacial score (nSPS) is 22.1. The van der Waals surface area contributed by atoms with Gasteiger partial charge >= 0.3 is 0 Å².